The molecule has 0 aliphatic heterocycles. The van der Waals surface area contributed by atoms with Gasteiger partial charge in [0.15, 0.2) is 0 Å². The molecule has 0 amide bonds. The second-order valence-corrected chi connectivity index (χ2v) is 3.50. The Bertz CT molecular complexity index is 379. The van der Waals surface area contributed by atoms with Gasteiger partial charge in [-0.1, -0.05) is 37.8 Å². The average Bonchev–Trinajstić information content (AvgIpc) is 2.35. The molecule has 0 N–H and O–H groups in total. The molecule has 0 saturated carbocycles. The summed E-state index contributed by atoms with van der Waals surface area (Å²) in [6, 6.07) is 7.32. The van der Waals surface area contributed by atoms with Gasteiger partial charge in [0, 0.05) is 11.1 Å². The van der Waals surface area contributed by atoms with Crippen LogP contribution < -0.4 is 0 Å². The highest BCUT2D eigenvalue weighted by molar-refractivity contribution is 5.74. The molecular weight excluding hydrogens is 198 g/mol. The summed E-state index contributed by atoms with van der Waals surface area (Å²) in [5, 5.41) is 0. The SMILES string of the molecule is CCN(CC)CC#Cc1ccc(C=O)cc1. The Labute approximate surface area is 97.3 Å². The fourth-order valence-corrected chi connectivity index (χ4v) is 1.35. The van der Waals surface area contributed by atoms with E-state index in [9.17, 15) is 4.79 Å². The van der Waals surface area contributed by atoms with Crippen LogP contribution in [0.1, 0.15) is 29.8 Å². The van der Waals surface area contributed by atoms with E-state index < -0.39 is 0 Å². The lowest BCUT2D eigenvalue weighted by molar-refractivity contribution is 0.112. The average molecular weight is 215 g/mol. The Morgan fingerprint density at radius 3 is 2.31 bits per heavy atom. The Morgan fingerprint density at radius 1 is 1.19 bits per heavy atom. The van der Waals surface area contributed by atoms with Gasteiger partial charge < -0.3 is 0 Å². The molecule has 0 spiro atoms. The van der Waals surface area contributed by atoms with Crippen LogP contribution in [0.4, 0.5) is 0 Å². The van der Waals surface area contributed by atoms with Crippen LogP contribution in [-0.4, -0.2) is 30.8 Å². The van der Waals surface area contributed by atoms with Gasteiger partial charge in [-0.3, -0.25) is 9.69 Å². The number of aldehydes is 1. The van der Waals surface area contributed by atoms with E-state index in [1.165, 1.54) is 0 Å². The van der Waals surface area contributed by atoms with E-state index in [-0.39, 0.29) is 0 Å². The van der Waals surface area contributed by atoms with Gasteiger partial charge in [0.05, 0.1) is 6.54 Å². The Morgan fingerprint density at radius 2 is 1.81 bits per heavy atom. The zero-order valence-electron chi connectivity index (χ0n) is 9.86. The van der Waals surface area contributed by atoms with Crippen molar-refractivity contribution in [3.63, 3.8) is 0 Å². The molecule has 0 aliphatic carbocycles. The molecule has 0 radical (unpaired) electrons. The highest BCUT2D eigenvalue weighted by atomic mass is 16.1. The monoisotopic (exact) mass is 215 g/mol. The van der Waals surface area contributed by atoms with Gasteiger partial charge in [-0.15, -0.1) is 0 Å². The number of nitrogens with zero attached hydrogens (tertiary/aromatic N) is 1. The van der Waals surface area contributed by atoms with Crippen molar-refractivity contribution in [3.8, 4) is 11.8 Å². The van der Waals surface area contributed by atoms with Crippen molar-refractivity contribution in [1.82, 2.24) is 4.90 Å². The van der Waals surface area contributed by atoms with E-state index in [2.05, 4.69) is 30.6 Å². The van der Waals surface area contributed by atoms with Crippen molar-refractivity contribution in [2.45, 2.75) is 13.8 Å². The number of hydrogen-bond acceptors (Lipinski definition) is 2. The van der Waals surface area contributed by atoms with Gasteiger partial charge in [-0.05, 0) is 25.2 Å². The Balaban J connectivity index is 2.59. The first-order chi connectivity index (χ1) is 7.80. The Hall–Kier alpha value is -1.59. The van der Waals surface area contributed by atoms with Crippen LogP contribution in [0.3, 0.4) is 0 Å². The lowest BCUT2D eigenvalue weighted by Crippen LogP contribution is -2.22. The predicted molar refractivity (Wildman–Crippen MR) is 66.5 cm³/mol. The number of benzene rings is 1. The fourth-order valence-electron chi connectivity index (χ4n) is 1.35. The van der Waals surface area contributed by atoms with Gasteiger partial charge in [0.25, 0.3) is 0 Å². The third-order valence-electron chi connectivity index (χ3n) is 2.48. The summed E-state index contributed by atoms with van der Waals surface area (Å²) < 4.78 is 0. The molecule has 0 heterocycles. The van der Waals surface area contributed by atoms with Crippen molar-refractivity contribution in [3.05, 3.63) is 35.4 Å². The molecule has 0 fully saturated rings. The molecule has 0 saturated heterocycles. The normalized spacial score (nSPS) is 9.69. The van der Waals surface area contributed by atoms with Crippen molar-refractivity contribution in [2.75, 3.05) is 19.6 Å². The highest BCUT2D eigenvalue weighted by Crippen LogP contribution is 2.00. The molecule has 2 heteroatoms. The fraction of sp³-hybridized carbons (Fsp3) is 0.357. The van der Waals surface area contributed by atoms with Crippen molar-refractivity contribution in [2.24, 2.45) is 0 Å². The standard InChI is InChI=1S/C14H17NO/c1-3-15(4-2)11-5-6-13-7-9-14(12-16)10-8-13/h7-10,12H,3-4,11H2,1-2H3. The molecule has 0 aliphatic rings. The maximum atomic E-state index is 10.5. The van der Waals surface area contributed by atoms with Gasteiger partial charge in [0.2, 0.25) is 0 Å². The minimum absolute atomic E-state index is 0.689. The zero-order chi connectivity index (χ0) is 11.8. The summed E-state index contributed by atoms with van der Waals surface area (Å²) >= 11 is 0. The van der Waals surface area contributed by atoms with Gasteiger partial charge >= 0.3 is 0 Å². The maximum absolute atomic E-state index is 10.5. The summed E-state index contributed by atoms with van der Waals surface area (Å²) in [4.78, 5) is 12.7. The van der Waals surface area contributed by atoms with Crippen LogP contribution in [0.5, 0.6) is 0 Å². The van der Waals surface area contributed by atoms with Crippen molar-refractivity contribution < 1.29 is 4.79 Å². The van der Waals surface area contributed by atoms with E-state index in [1.807, 2.05) is 12.1 Å². The van der Waals surface area contributed by atoms with Crippen molar-refractivity contribution >= 4 is 6.29 Å². The molecule has 0 unspecified atom stereocenters. The third-order valence-corrected chi connectivity index (χ3v) is 2.48. The lowest BCUT2D eigenvalue weighted by atomic mass is 10.1. The van der Waals surface area contributed by atoms with E-state index in [0.717, 1.165) is 31.5 Å². The van der Waals surface area contributed by atoms with Crippen LogP contribution >= 0.6 is 0 Å². The van der Waals surface area contributed by atoms with Crippen molar-refractivity contribution in [1.29, 1.82) is 0 Å². The van der Waals surface area contributed by atoms with E-state index in [1.54, 1.807) is 12.1 Å². The summed E-state index contributed by atoms with van der Waals surface area (Å²) in [6.07, 6.45) is 0.840. The molecule has 0 aromatic heterocycles. The number of carbonyl (C=O) groups excluding carboxylic acids is 1. The van der Waals surface area contributed by atoms with E-state index >= 15 is 0 Å². The molecule has 0 bridgehead atoms. The summed E-state index contributed by atoms with van der Waals surface area (Å²) in [7, 11) is 0. The van der Waals surface area contributed by atoms with Gasteiger partial charge in [-0.2, -0.15) is 0 Å². The van der Waals surface area contributed by atoms with Gasteiger partial charge in [0.1, 0.15) is 6.29 Å². The predicted octanol–water partition coefficient (Wildman–Crippen LogP) is 2.19. The van der Waals surface area contributed by atoms with Crippen LogP contribution in [-0.2, 0) is 0 Å². The first-order valence-corrected chi connectivity index (χ1v) is 5.56. The smallest absolute Gasteiger partial charge is 0.150 e. The minimum atomic E-state index is 0.689. The second kappa shape index (κ2) is 6.81. The molecule has 1 aromatic carbocycles. The topological polar surface area (TPSA) is 20.3 Å². The van der Waals surface area contributed by atoms with Crippen LogP contribution in [0.15, 0.2) is 24.3 Å². The molecule has 1 aromatic rings. The first-order valence-electron chi connectivity index (χ1n) is 5.56. The van der Waals surface area contributed by atoms with E-state index in [0.29, 0.717) is 5.56 Å². The molecule has 1 rings (SSSR count). The number of rotatable bonds is 4. The molecule has 16 heavy (non-hydrogen) atoms. The van der Waals surface area contributed by atoms with E-state index in [4.69, 9.17) is 0 Å². The first kappa shape index (κ1) is 12.5. The highest BCUT2D eigenvalue weighted by Gasteiger charge is 1.93. The zero-order valence-corrected chi connectivity index (χ0v) is 9.86. The molecular formula is C14H17NO. The molecule has 2 nitrogen and oxygen atoms in total. The van der Waals surface area contributed by atoms with Crippen LogP contribution in [0, 0.1) is 11.8 Å². The summed E-state index contributed by atoms with van der Waals surface area (Å²) in [6.45, 7) is 7.10. The largest absolute Gasteiger partial charge is 0.298 e. The molecule has 0 atom stereocenters. The summed E-state index contributed by atoms with van der Waals surface area (Å²) in [5.41, 5.74) is 1.65. The third kappa shape index (κ3) is 3.88. The van der Waals surface area contributed by atoms with Crippen LogP contribution in [0.25, 0.3) is 0 Å². The van der Waals surface area contributed by atoms with Gasteiger partial charge in [-0.25, -0.2) is 0 Å². The quantitative estimate of drug-likeness (QED) is 0.567. The molecule has 84 valence electrons. The Kier molecular flexibility index (Phi) is 5.31. The number of hydrogen-bond donors (Lipinski definition) is 0. The van der Waals surface area contributed by atoms with Crippen LogP contribution in [0.2, 0.25) is 0 Å². The maximum Gasteiger partial charge on any atom is 0.150 e. The summed E-state index contributed by atoms with van der Waals surface area (Å²) in [5.74, 6) is 6.22. The minimum Gasteiger partial charge on any atom is -0.298 e. The second-order valence-electron chi connectivity index (χ2n) is 3.50. The lowest BCUT2D eigenvalue weighted by Gasteiger charge is -2.13. The number of carbonyl (C=O) groups is 1.